The van der Waals surface area contributed by atoms with E-state index in [1.54, 1.807) is 13.8 Å². The third-order valence-electron chi connectivity index (χ3n) is 7.98. The molecule has 1 aromatic heterocycles. The Hall–Kier alpha value is -2.20. The highest BCUT2D eigenvalue weighted by atomic mass is 16.4. The number of anilines is 3. The fraction of sp³-hybridized carbons (Fsp3) is 0.862. The van der Waals surface area contributed by atoms with Gasteiger partial charge in [0.2, 0.25) is 17.8 Å². The van der Waals surface area contributed by atoms with E-state index in [2.05, 4.69) is 95.0 Å². The van der Waals surface area contributed by atoms with Gasteiger partial charge in [0.1, 0.15) is 5.54 Å². The van der Waals surface area contributed by atoms with Gasteiger partial charge in [0.05, 0.1) is 0 Å². The van der Waals surface area contributed by atoms with Crippen molar-refractivity contribution in [1.82, 2.24) is 25.6 Å². The highest BCUT2D eigenvalue weighted by Crippen LogP contribution is 2.36. The Morgan fingerprint density at radius 2 is 1.13 bits per heavy atom. The lowest BCUT2D eigenvalue weighted by molar-refractivity contribution is -0.141. The first-order valence-electron chi connectivity index (χ1n) is 14.6. The minimum absolute atomic E-state index is 0.0379. The molecule has 222 valence electrons. The van der Waals surface area contributed by atoms with Crippen LogP contribution in [0.5, 0.6) is 0 Å². The Bertz CT molecular complexity index is 940. The van der Waals surface area contributed by atoms with Crippen molar-refractivity contribution in [1.29, 1.82) is 0 Å². The topological polar surface area (TPSA) is 119 Å². The van der Waals surface area contributed by atoms with E-state index < -0.39 is 11.5 Å². The number of piperidine rings is 2. The van der Waals surface area contributed by atoms with Crippen LogP contribution < -0.4 is 25.8 Å². The number of carboxylic acid groups (broad SMARTS) is 1. The molecule has 0 amide bonds. The average Bonchev–Trinajstić information content (AvgIpc) is 2.69. The quantitative estimate of drug-likeness (QED) is 0.354. The van der Waals surface area contributed by atoms with Crippen LogP contribution in [0.25, 0.3) is 0 Å². The maximum Gasteiger partial charge on any atom is 0.328 e. The summed E-state index contributed by atoms with van der Waals surface area (Å²) < 4.78 is 0. The molecule has 10 heteroatoms. The van der Waals surface area contributed by atoms with Gasteiger partial charge in [-0.25, -0.2) is 4.79 Å². The van der Waals surface area contributed by atoms with E-state index in [1.165, 1.54) is 0 Å². The Balaban J connectivity index is 2.10. The van der Waals surface area contributed by atoms with Crippen molar-refractivity contribution in [2.45, 2.75) is 149 Å². The molecule has 0 bridgehead atoms. The Kier molecular flexibility index (Phi) is 8.56. The molecule has 4 N–H and O–H groups in total. The van der Waals surface area contributed by atoms with Crippen LogP contribution in [0.3, 0.4) is 0 Å². The largest absolute Gasteiger partial charge is 0.480 e. The molecule has 10 nitrogen and oxygen atoms in total. The van der Waals surface area contributed by atoms with Gasteiger partial charge in [0.15, 0.2) is 0 Å². The molecule has 2 aliphatic heterocycles. The lowest BCUT2D eigenvalue weighted by Gasteiger charge is -2.50. The van der Waals surface area contributed by atoms with E-state index in [-0.39, 0.29) is 34.2 Å². The zero-order valence-electron chi connectivity index (χ0n) is 26.5. The zero-order chi connectivity index (χ0) is 29.6. The first-order valence-corrected chi connectivity index (χ1v) is 14.6. The second-order valence-electron chi connectivity index (χ2n) is 14.8. The Labute approximate surface area is 236 Å². The first-order chi connectivity index (χ1) is 17.7. The highest BCUT2D eigenvalue weighted by molar-refractivity contribution is 5.81. The van der Waals surface area contributed by atoms with Crippen LogP contribution in [-0.4, -0.2) is 78.9 Å². The molecule has 1 aromatic rings. The normalized spacial score (nSPS) is 22.8. The summed E-state index contributed by atoms with van der Waals surface area (Å²) in [5, 5.41) is 20.5. The van der Waals surface area contributed by atoms with Crippen LogP contribution in [0, 0.1) is 0 Å². The van der Waals surface area contributed by atoms with Crippen molar-refractivity contribution in [3.05, 3.63) is 0 Å². The second-order valence-corrected chi connectivity index (χ2v) is 14.8. The summed E-state index contributed by atoms with van der Waals surface area (Å²) in [5.41, 5.74) is -1.39. The molecule has 39 heavy (non-hydrogen) atoms. The number of carboxylic acids is 1. The van der Waals surface area contributed by atoms with Crippen LogP contribution in [-0.2, 0) is 4.79 Å². The van der Waals surface area contributed by atoms with Crippen LogP contribution in [0.1, 0.15) is 109 Å². The average molecular weight is 547 g/mol. The number of nitrogens with zero attached hydrogens (tertiary/aromatic N) is 5. The lowest BCUT2D eigenvalue weighted by atomic mass is 9.79. The van der Waals surface area contributed by atoms with Gasteiger partial charge >= 0.3 is 5.97 Å². The predicted octanol–water partition coefficient (Wildman–Crippen LogP) is 4.42. The molecule has 0 aliphatic carbocycles. The molecule has 2 fully saturated rings. The minimum Gasteiger partial charge on any atom is -0.480 e. The van der Waals surface area contributed by atoms with Crippen molar-refractivity contribution in [2.24, 2.45) is 0 Å². The van der Waals surface area contributed by atoms with Crippen molar-refractivity contribution in [3.63, 3.8) is 0 Å². The molecule has 2 saturated heterocycles. The molecule has 0 radical (unpaired) electrons. The van der Waals surface area contributed by atoms with Gasteiger partial charge in [-0.3, -0.25) is 0 Å². The van der Waals surface area contributed by atoms with Gasteiger partial charge in [-0.1, -0.05) is 0 Å². The number of carbonyl (C=O) groups is 1. The van der Waals surface area contributed by atoms with Crippen LogP contribution >= 0.6 is 0 Å². The molecule has 3 rings (SSSR count). The molecule has 0 spiro atoms. The lowest BCUT2D eigenvalue weighted by Crippen LogP contribution is -2.62. The van der Waals surface area contributed by atoms with Crippen LogP contribution in [0.15, 0.2) is 0 Å². The second kappa shape index (κ2) is 10.7. The third kappa shape index (κ3) is 7.72. The van der Waals surface area contributed by atoms with Crippen molar-refractivity contribution >= 4 is 23.8 Å². The van der Waals surface area contributed by atoms with E-state index >= 15 is 0 Å². The monoisotopic (exact) mass is 546 g/mol. The number of hydrogen-bond acceptors (Lipinski definition) is 9. The summed E-state index contributed by atoms with van der Waals surface area (Å²) in [4.78, 5) is 31.3. The van der Waals surface area contributed by atoms with Crippen LogP contribution in [0.2, 0.25) is 0 Å². The van der Waals surface area contributed by atoms with Crippen molar-refractivity contribution in [2.75, 3.05) is 28.2 Å². The van der Waals surface area contributed by atoms with Gasteiger partial charge in [-0.05, 0) is 109 Å². The number of aliphatic carboxylic acids is 1. The zero-order valence-corrected chi connectivity index (χ0v) is 26.5. The standard InChI is InChI=1S/C29H54N8O2/c1-13-36(19-15-25(3,4)34-26(5,6)16-19)23-30-22(33-29(11,12)21(38)39)31-24(32-23)37(14-2)20-17-27(7,8)35-28(9,10)18-20/h19-20,34-35H,13-18H2,1-12H3,(H,38,39)(H,30,31,32,33). The predicted molar refractivity (Wildman–Crippen MR) is 160 cm³/mol. The molecule has 0 atom stereocenters. The highest BCUT2D eigenvalue weighted by Gasteiger charge is 2.42. The number of nitrogens with one attached hydrogen (secondary N) is 3. The van der Waals surface area contributed by atoms with E-state index in [0.717, 1.165) is 38.8 Å². The summed E-state index contributed by atoms with van der Waals surface area (Å²) in [6.45, 7) is 27.0. The minimum atomic E-state index is -1.23. The number of rotatable bonds is 9. The van der Waals surface area contributed by atoms with E-state index in [1.807, 2.05) is 0 Å². The Morgan fingerprint density at radius 3 is 1.41 bits per heavy atom. The summed E-state index contributed by atoms with van der Waals surface area (Å²) in [7, 11) is 0. The van der Waals surface area contributed by atoms with E-state index in [0.29, 0.717) is 17.8 Å². The number of aromatic nitrogens is 3. The fourth-order valence-electron chi connectivity index (χ4n) is 7.10. The van der Waals surface area contributed by atoms with Gasteiger partial charge in [-0.2, -0.15) is 15.0 Å². The third-order valence-corrected chi connectivity index (χ3v) is 7.98. The maximum atomic E-state index is 12.0. The maximum absolute atomic E-state index is 12.0. The molecule has 2 aliphatic rings. The first kappa shape index (κ1) is 31.3. The summed E-state index contributed by atoms with van der Waals surface area (Å²) in [6.07, 6.45) is 3.79. The molecular formula is C29H54N8O2. The Morgan fingerprint density at radius 1 is 0.795 bits per heavy atom. The molecule has 3 heterocycles. The molecular weight excluding hydrogens is 492 g/mol. The summed E-state index contributed by atoms with van der Waals surface area (Å²) in [6, 6.07) is 0.451. The van der Waals surface area contributed by atoms with Gasteiger partial charge in [0, 0.05) is 47.3 Å². The smallest absolute Gasteiger partial charge is 0.328 e. The summed E-state index contributed by atoms with van der Waals surface area (Å²) in [5.74, 6) is 0.514. The van der Waals surface area contributed by atoms with Crippen molar-refractivity contribution < 1.29 is 9.90 Å². The molecule has 0 saturated carbocycles. The van der Waals surface area contributed by atoms with E-state index in [9.17, 15) is 9.90 Å². The fourth-order valence-corrected chi connectivity index (χ4v) is 7.10. The molecule has 0 aromatic carbocycles. The van der Waals surface area contributed by atoms with Gasteiger partial charge < -0.3 is 30.9 Å². The SMILES string of the molecule is CCN(c1nc(NC(C)(C)C(=O)O)nc(N(CC)C2CC(C)(C)NC(C)(C)C2)n1)C1CC(C)(C)NC(C)(C)C1. The van der Waals surface area contributed by atoms with Gasteiger partial charge in [0.25, 0.3) is 0 Å². The van der Waals surface area contributed by atoms with Gasteiger partial charge in [-0.15, -0.1) is 0 Å². The van der Waals surface area contributed by atoms with Crippen molar-refractivity contribution in [3.8, 4) is 0 Å². The number of hydrogen-bond donors (Lipinski definition) is 4. The molecule has 0 unspecified atom stereocenters. The van der Waals surface area contributed by atoms with E-state index in [4.69, 9.17) is 15.0 Å². The van der Waals surface area contributed by atoms with Crippen LogP contribution in [0.4, 0.5) is 17.8 Å². The summed E-state index contributed by atoms with van der Waals surface area (Å²) >= 11 is 0.